The van der Waals surface area contributed by atoms with Gasteiger partial charge in [0.2, 0.25) is 5.91 Å². The Hall–Kier alpha value is -2.72. The molecule has 2 fully saturated rings. The number of halogens is 2. The van der Waals surface area contributed by atoms with Gasteiger partial charge >= 0.3 is 0 Å². The predicted molar refractivity (Wildman–Crippen MR) is 119 cm³/mol. The first kappa shape index (κ1) is 20.2. The molecule has 3 unspecified atom stereocenters. The number of pyridine rings is 1. The van der Waals surface area contributed by atoms with Crippen molar-refractivity contribution in [1.29, 1.82) is 0 Å². The van der Waals surface area contributed by atoms with E-state index in [1.165, 1.54) is 12.1 Å². The fraction of sp³-hybridized carbons (Fsp3) is 0.308. The van der Waals surface area contributed by atoms with Crippen LogP contribution in [-0.2, 0) is 11.3 Å². The minimum Gasteiger partial charge on any atom is -0.329 e. The van der Waals surface area contributed by atoms with Crippen molar-refractivity contribution < 1.29 is 9.18 Å². The Morgan fingerprint density at radius 3 is 2.45 bits per heavy atom. The van der Waals surface area contributed by atoms with Gasteiger partial charge in [-0.3, -0.25) is 9.78 Å². The van der Waals surface area contributed by atoms with Gasteiger partial charge in [0.25, 0.3) is 0 Å². The van der Waals surface area contributed by atoms with E-state index in [0.29, 0.717) is 17.5 Å². The molecular weight excluding hydrogens is 411 g/mol. The summed E-state index contributed by atoms with van der Waals surface area (Å²) in [6.07, 6.45) is 4.81. The normalized spacial score (nSPS) is 20.8. The van der Waals surface area contributed by atoms with Gasteiger partial charge in [-0.15, -0.1) is 0 Å². The highest BCUT2D eigenvalue weighted by molar-refractivity contribution is 6.30. The van der Waals surface area contributed by atoms with Gasteiger partial charge in [0.1, 0.15) is 5.82 Å². The van der Waals surface area contributed by atoms with Crippen molar-refractivity contribution >= 4 is 17.5 Å². The van der Waals surface area contributed by atoms with Crippen molar-refractivity contribution in [1.82, 2.24) is 9.88 Å². The average molecular weight is 435 g/mol. The zero-order valence-corrected chi connectivity index (χ0v) is 17.9. The summed E-state index contributed by atoms with van der Waals surface area (Å²) in [6.45, 7) is 0.482. The molecule has 5 heteroatoms. The van der Waals surface area contributed by atoms with Crippen molar-refractivity contribution in [2.75, 3.05) is 0 Å². The number of hydrogen-bond acceptors (Lipinski definition) is 2. The third-order valence-electron chi connectivity index (χ3n) is 6.36. The molecule has 3 nitrogen and oxygen atoms in total. The van der Waals surface area contributed by atoms with E-state index in [9.17, 15) is 9.18 Å². The average Bonchev–Trinajstić information content (AvgIpc) is 3.70. The minimum atomic E-state index is -0.249. The van der Waals surface area contributed by atoms with E-state index >= 15 is 0 Å². The summed E-state index contributed by atoms with van der Waals surface area (Å²) in [6, 6.07) is 20.2. The van der Waals surface area contributed by atoms with E-state index in [0.717, 1.165) is 36.1 Å². The Labute approximate surface area is 186 Å². The van der Waals surface area contributed by atoms with Gasteiger partial charge < -0.3 is 4.90 Å². The van der Waals surface area contributed by atoms with Gasteiger partial charge in [0, 0.05) is 17.1 Å². The molecule has 2 aliphatic carbocycles. The number of hydrogen-bond donors (Lipinski definition) is 0. The maximum Gasteiger partial charge on any atom is 0.227 e. The van der Waals surface area contributed by atoms with Crippen molar-refractivity contribution in [3.63, 3.8) is 0 Å². The van der Waals surface area contributed by atoms with Gasteiger partial charge in [0.05, 0.1) is 18.3 Å². The molecule has 0 spiro atoms. The van der Waals surface area contributed by atoms with Crippen molar-refractivity contribution in [2.24, 2.45) is 11.8 Å². The molecule has 1 aromatic heterocycles. The predicted octanol–water partition coefficient (Wildman–Crippen LogP) is 6.16. The molecule has 0 radical (unpaired) electrons. The SMILES string of the molecule is O=C(C1CC1c1ccc(F)cc1)N(Cc1ccccn1)C(c1ccc(Cl)cc1)C1CC1. The number of benzene rings is 2. The molecule has 1 heterocycles. The first-order valence-corrected chi connectivity index (χ1v) is 11.2. The number of carbonyl (C=O) groups excluding carboxylic acids is 1. The minimum absolute atomic E-state index is 0.0150. The van der Waals surface area contributed by atoms with Crippen LogP contribution in [0.15, 0.2) is 72.9 Å². The molecule has 2 aliphatic rings. The zero-order valence-electron chi connectivity index (χ0n) is 17.1. The summed E-state index contributed by atoms with van der Waals surface area (Å²) in [5.74, 6) is 0.455. The second-order valence-electron chi connectivity index (χ2n) is 8.62. The highest BCUT2D eigenvalue weighted by atomic mass is 35.5. The summed E-state index contributed by atoms with van der Waals surface area (Å²) >= 11 is 6.12. The Morgan fingerprint density at radius 1 is 1.06 bits per heavy atom. The molecule has 31 heavy (non-hydrogen) atoms. The molecule has 0 N–H and O–H groups in total. The molecule has 3 atom stereocenters. The Bertz CT molecular complexity index is 1050. The first-order valence-electron chi connectivity index (χ1n) is 10.8. The smallest absolute Gasteiger partial charge is 0.227 e. The lowest BCUT2D eigenvalue weighted by Gasteiger charge is -2.33. The van der Waals surface area contributed by atoms with Gasteiger partial charge in [-0.1, -0.05) is 41.9 Å². The summed E-state index contributed by atoms with van der Waals surface area (Å²) < 4.78 is 13.3. The molecular formula is C26H24ClFN2O. The van der Waals surface area contributed by atoms with Crippen LogP contribution in [0.25, 0.3) is 0 Å². The highest BCUT2D eigenvalue weighted by Crippen LogP contribution is 2.52. The molecule has 1 amide bonds. The third kappa shape index (κ3) is 4.49. The highest BCUT2D eigenvalue weighted by Gasteiger charge is 2.49. The van der Waals surface area contributed by atoms with Crippen LogP contribution in [0.2, 0.25) is 5.02 Å². The van der Waals surface area contributed by atoms with Crippen LogP contribution in [0.1, 0.15) is 48.0 Å². The van der Waals surface area contributed by atoms with Crippen molar-refractivity contribution in [3.8, 4) is 0 Å². The number of nitrogens with zero attached hydrogens (tertiary/aromatic N) is 2. The fourth-order valence-electron chi connectivity index (χ4n) is 4.52. The molecule has 0 aliphatic heterocycles. The van der Waals surface area contributed by atoms with Crippen LogP contribution in [0.4, 0.5) is 4.39 Å². The van der Waals surface area contributed by atoms with Crippen LogP contribution >= 0.6 is 11.6 Å². The first-order chi connectivity index (χ1) is 15.1. The van der Waals surface area contributed by atoms with Crippen molar-refractivity contribution in [2.45, 2.75) is 37.8 Å². The van der Waals surface area contributed by atoms with E-state index < -0.39 is 0 Å². The number of rotatable bonds is 7. The van der Waals surface area contributed by atoms with Gasteiger partial charge in [-0.25, -0.2) is 4.39 Å². The van der Waals surface area contributed by atoms with Crippen LogP contribution in [0.5, 0.6) is 0 Å². The molecule has 2 saturated carbocycles. The summed E-state index contributed by atoms with van der Waals surface area (Å²) in [7, 11) is 0. The lowest BCUT2D eigenvalue weighted by molar-refractivity contribution is -0.136. The topological polar surface area (TPSA) is 33.2 Å². The maximum absolute atomic E-state index is 13.8. The van der Waals surface area contributed by atoms with Crippen molar-refractivity contribution in [3.05, 3.63) is 101 Å². The molecule has 5 rings (SSSR count). The number of amides is 1. The monoisotopic (exact) mass is 434 g/mol. The largest absolute Gasteiger partial charge is 0.329 e. The molecule has 158 valence electrons. The molecule has 0 saturated heterocycles. The number of carbonyl (C=O) groups is 1. The molecule has 3 aromatic rings. The summed E-state index contributed by atoms with van der Waals surface area (Å²) in [5.41, 5.74) is 3.04. The standard InChI is InChI=1S/C26H24ClFN2O/c27-20-10-6-19(7-11-20)25(18-4-5-18)30(16-22-3-1-2-14-29-22)26(31)24-15-23(24)17-8-12-21(28)13-9-17/h1-3,6-14,18,23-25H,4-5,15-16H2. The summed E-state index contributed by atoms with van der Waals surface area (Å²) in [4.78, 5) is 20.3. The van der Waals surface area contributed by atoms with E-state index in [1.54, 1.807) is 18.3 Å². The van der Waals surface area contributed by atoms with Crippen LogP contribution in [-0.4, -0.2) is 15.8 Å². The maximum atomic E-state index is 13.8. The van der Waals surface area contributed by atoms with E-state index in [1.807, 2.05) is 47.4 Å². The Balaban J connectivity index is 1.44. The molecule has 0 bridgehead atoms. The quantitative estimate of drug-likeness (QED) is 0.446. The number of aromatic nitrogens is 1. The second-order valence-corrected chi connectivity index (χ2v) is 9.06. The van der Waals surface area contributed by atoms with Gasteiger partial charge in [-0.2, -0.15) is 0 Å². The molecule has 2 aromatic carbocycles. The second kappa shape index (κ2) is 8.43. The van der Waals surface area contributed by atoms with Gasteiger partial charge in [0.15, 0.2) is 0 Å². The lowest BCUT2D eigenvalue weighted by atomic mass is 9.99. The summed E-state index contributed by atoms with van der Waals surface area (Å²) in [5, 5.41) is 0.694. The lowest BCUT2D eigenvalue weighted by Crippen LogP contribution is -2.37. The van der Waals surface area contributed by atoms with Crippen LogP contribution in [0.3, 0.4) is 0 Å². The third-order valence-corrected chi connectivity index (χ3v) is 6.62. The van der Waals surface area contributed by atoms with E-state index in [4.69, 9.17) is 11.6 Å². The Kier molecular flexibility index (Phi) is 5.49. The van der Waals surface area contributed by atoms with E-state index in [-0.39, 0.29) is 29.6 Å². The van der Waals surface area contributed by atoms with Crippen LogP contribution in [0, 0.1) is 17.7 Å². The zero-order chi connectivity index (χ0) is 21.4. The Morgan fingerprint density at radius 2 is 1.81 bits per heavy atom. The van der Waals surface area contributed by atoms with Gasteiger partial charge in [-0.05, 0) is 78.6 Å². The fourth-order valence-corrected chi connectivity index (χ4v) is 4.64. The van der Waals surface area contributed by atoms with Crippen LogP contribution < -0.4 is 0 Å². The van der Waals surface area contributed by atoms with E-state index in [2.05, 4.69) is 4.98 Å².